The molecule has 0 saturated heterocycles. The Balaban J connectivity index is 2.25. The van der Waals surface area contributed by atoms with E-state index >= 15 is 0 Å². The van der Waals surface area contributed by atoms with E-state index in [2.05, 4.69) is 5.32 Å². The fourth-order valence-electron chi connectivity index (χ4n) is 2.02. The van der Waals surface area contributed by atoms with Crippen LogP contribution in [-0.2, 0) is 0 Å². The number of benzene rings is 2. The second-order valence-corrected chi connectivity index (χ2v) is 4.99. The molecule has 1 unspecified atom stereocenters. The Kier molecular flexibility index (Phi) is 3.93. The lowest BCUT2D eigenvalue weighted by atomic mass is 10.0. The van der Waals surface area contributed by atoms with E-state index < -0.39 is 17.7 Å². The van der Waals surface area contributed by atoms with Crippen molar-refractivity contribution in [2.24, 2.45) is 0 Å². The van der Waals surface area contributed by atoms with Crippen LogP contribution < -0.4 is 5.32 Å². The summed E-state index contributed by atoms with van der Waals surface area (Å²) in [4.78, 5) is 0. The van der Waals surface area contributed by atoms with Gasteiger partial charge in [-0.25, -0.2) is 8.78 Å². The molecule has 0 amide bonds. The summed E-state index contributed by atoms with van der Waals surface area (Å²) in [6.45, 7) is 5.06. The van der Waals surface area contributed by atoms with Crippen molar-refractivity contribution >= 4 is 5.69 Å². The molecule has 4 heteroatoms. The van der Waals surface area contributed by atoms with Gasteiger partial charge < -0.3 is 10.4 Å². The summed E-state index contributed by atoms with van der Waals surface area (Å²) < 4.78 is 27.4. The molecule has 0 heterocycles. The predicted octanol–water partition coefficient (Wildman–Crippen LogP) is 4.46. The molecule has 0 fully saturated rings. The number of halogens is 2. The van der Waals surface area contributed by atoms with Gasteiger partial charge in [0.25, 0.3) is 0 Å². The quantitative estimate of drug-likeness (QED) is 0.868. The SMILES string of the molecule is Cc1ccc(NC(C)c2cc(F)c(C)cc2F)cc1O. The highest BCUT2D eigenvalue weighted by molar-refractivity contribution is 5.52. The second kappa shape index (κ2) is 5.49. The van der Waals surface area contributed by atoms with Crippen LogP contribution in [0.1, 0.15) is 29.7 Å². The van der Waals surface area contributed by atoms with E-state index in [0.717, 1.165) is 5.56 Å². The molecule has 106 valence electrons. The second-order valence-electron chi connectivity index (χ2n) is 4.99. The van der Waals surface area contributed by atoms with Crippen LogP contribution in [0.3, 0.4) is 0 Å². The average molecular weight is 277 g/mol. The third-order valence-corrected chi connectivity index (χ3v) is 3.34. The zero-order valence-electron chi connectivity index (χ0n) is 11.7. The highest BCUT2D eigenvalue weighted by Crippen LogP contribution is 2.27. The molecule has 0 saturated carbocycles. The number of hydrogen-bond donors (Lipinski definition) is 2. The number of aromatic hydroxyl groups is 1. The molecule has 0 aliphatic heterocycles. The molecule has 2 N–H and O–H groups in total. The zero-order chi connectivity index (χ0) is 14.9. The number of phenols is 1. The van der Waals surface area contributed by atoms with Crippen molar-refractivity contribution in [2.75, 3.05) is 5.32 Å². The molecular formula is C16H17F2NO. The molecule has 20 heavy (non-hydrogen) atoms. The molecule has 0 aliphatic rings. The minimum absolute atomic E-state index is 0.165. The van der Waals surface area contributed by atoms with Crippen molar-refractivity contribution in [3.63, 3.8) is 0 Å². The monoisotopic (exact) mass is 277 g/mol. The van der Waals surface area contributed by atoms with Gasteiger partial charge in [-0.3, -0.25) is 0 Å². The molecule has 0 radical (unpaired) electrons. The first-order chi connectivity index (χ1) is 9.38. The minimum atomic E-state index is -0.444. The number of anilines is 1. The maximum absolute atomic E-state index is 13.9. The van der Waals surface area contributed by atoms with Crippen LogP contribution in [-0.4, -0.2) is 5.11 Å². The van der Waals surface area contributed by atoms with E-state index in [1.807, 2.05) is 0 Å². The van der Waals surface area contributed by atoms with Crippen LogP contribution in [0.5, 0.6) is 5.75 Å². The standard InChI is InChI=1S/C16H17F2NO/c1-9-4-5-12(7-16(9)20)19-11(3)13-8-14(17)10(2)6-15(13)18/h4-8,11,19-20H,1-3H3. The molecule has 1 atom stereocenters. The molecule has 2 aromatic carbocycles. The summed E-state index contributed by atoms with van der Waals surface area (Å²) >= 11 is 0. The van der Waals surface area contributed by atoms with E-state index in [1.165, 1.54) is 19.1 Å². The maximum Gasteiger partial charge on any atom is 0.128 e. The zero-order valence-corrected chi connectivity index (χ0v) is 11.7. The number of phenolic OH excluding ortho intramolecular Hbond substituents is 1. The van der Waals surface area contributed by atoms with Crippen molar-refractivity contribution in [3.8, 4) is 5.75 Å². The average Bonchev–Trinajstić information content (AvgIpc) is 2.38. The van der Waals surface area contributed by atoms with Crippen molar-refractivity contribution in [2.45, 2.75) is 26.8 Å². The topological polar surface area (TPSA) is 32.3 Å². The molecule has 2 nitrogen and oxygen atoms in total. The third kappa shape index (κ3) is 2.90. The van der Waals surface area contributed by atoms with Crippen LogP contribution in [0.25, 0.3) is 0 Å². The number of aryl methyl sites for hydroxylation is 2. The molecule has 0 aromatic heterocycles. The Morgan fingerprint density at radius 3 is 2.35 bits per heavy atom. The van der Waals surface area contributed by atoms with Gasteiger partial charge in [0.15, 0.2) is 0 Å². The summed E-state index contributed by atoms with van der Waals surface area (Å²) in [5, 5.41) is 12.7. The first-order valence-corrected chi connectivity index (χ1v) is 6.40. The van der Waals surface area contributed by atoms with Gasteiger partial charge in [0.1, 0.15) is 17.4 Å². The predicted molar refractivity (Wildman–Crippen MR) is 76.0 cm³/mol. The maximum atomic E-state index is 13.9. The van der Waals surface area contributed by atoms with E-state index in [0.29, 0.717) is 5.69 Å². The van der Waals surface area contributed by atoms with Crippen molar-refractivity contribution < 1.29 is 13.9 Å². The Bertz CT molecular complexity index is 641. The van der Waals surface area contributed by atoms with E-state index in [9.17, 15) is 13.9 Å². The van der Waals surface area contributed by atoms with Crippen LogP contribution in [0.4, 0.5) is 14.5 Å². The van der Waals surface area contributed by atoms with Crippen LogP contribution >= 0.6 is 0 Å². The van der Waals surface area contributed by atoms with Gasteiger partial charge >= 0.3 is 0 Å². The number of rotatable bonds is 3. The first-order valence-electron chi connectivity index (χ1n) is 6.40. The normalized spacial score (nSPS) is 12.2. The fourth-order valence-corrected chi connectivity index (χ4v) is 2.02. The minimum Gasteiger partial charge on any atom is -0.508 e. The summed E-state index contributed by atoms with van der Waals surface area (Å²) in [5.74, 6) is -0.709. The molecule has 2 rings (SSSR count). The lowest BCUT2D eigenvalue weighted by Crippen LogP contribution is -2.09. The molecule has 0 bridgehead atoms. The largest absolute Gasteiger partial charge is 0.508 e. The highest BCUT2D eigenvalue weighted by Gasteiger charge is 2.14. The Morgan fingerprint density at radius 2 is 1.70 bits per heavy atom. The van der Waals surface area contributed by atoms with Gasteiger partial charge in [0.2, 0.25) is 0 Å². The molecule has 2 aromatic rings. The van der Waals surface area contributed by atoms with Crippen molar-refractivity contribution in [1.82, 2.24) is 0 Å². The van der Waals surface area contributed by atoms with Gasteiger partial charge in [-0.1, -0.05) is 6.07 Å². The lowest BCUT2D eigenvalue weighted by Gasteiger charge is -2.17. The van der Waals surface area contributed by atoms with Crippen molar-refractivity contribution in [3.05, 3.63) is 58.7 Å². The first kappa shape index (κ1) is 14.3. The Hall–Kier alpha value is -2.10. The smallest absolute Gasteiger partial charge is 0.128 e. The van der Waals surface area contributed by atoms with E-state index in [4.69, 9.17) is 0 Å². The Labute approximate surface area is 117 Å². The summed E-state index contributed by atoms with van der Waals surface area (Å²) in [6, 6.07) is 7.09. The van der Waals surface area contributed by atoms with Gasteiger partial charge in [0.05, 0.1) is 6.04 Å². The fraction of sp³-hybridized carbons (Fsp3) is 0.250. The number of hydrogen-bond acceptors (Lipinski definition) is 2. The van der Waals surface area contributed by atoms with Crippen LogP contribution in [0, 0.1) is 25.5 Å². The molecule has 0 aliphatic carbocycles. The van der Waals surface area contributed by atoms with Gasteiger partial charge in [-0.2, -0.15) is 0 Å². The third-order valence-electron chi connectivity index (χ3n) is 3.34. The molecular weight excluding hydrogens is 260 g/mol. The van der Waals surface area contributed by atoms with Gasteiger partial charge in [-0.15, -0.1) is 0 Å². The molecule has 0 spiro atoms. The van der Waals surface area contributed by atoms with Crippen molar-refractivity contribution in [1.29, 1.82) is 0 Å². The van der Waals surface area contributed by atoms with Crippen LogP contribution in [0.2, 0.25) is 0 Å². The number of nitrogens with one attached hydrogen (secondary N) is 1. The van der Waals surface area contributed by atoms with Gasteiger partial charge in [-0.05, 0) is 50.1 Å². The highest BCUT2D eigenvalue weighted by atomic mass is 19.1. The lowest BCUT2D eigenvalue weighted by molar-refractivity contribution is 0.471. The van der Waals surface area contributed by atoms with E-state index in [-0.39, 0.29) is 16.9 Å². The summed E-state index contributed by atoms with van der Waals surface area (Å²) in [5.41, 5.74) is 1.95. The van der Waals surface area contributed by atoms with Crippen LogP contribution in [0.15, 0.2) is 30.3 Å². The Morgan fingerprint density at radius 1 is 1.00 bits per heavy atom. The summed E-state index contributed by atoms with van der Waals surface area (Å²) in [7, 11) is 0. The summed E-state index contributed by atoms with van der Waals surface area (Å²) in [6.07, 6.45) is 0. The van der Waals surface area contributed by atoms with Gasteiger partial charge in [0, 0.05) is 17.3 Å². The van der Waals surface area contributed by atoms with E-state index in [1.54, 1.807) is 32.0 Å².